The maximum absolute atomic E-state index is 12.0. The van der Waals surface area contributed by atoms with Gasteiger partial charge in [-0.2, -0.15) is 0 Å². The Hall–Kier alpha value is -1.37. The third-order valence-corrected chi connectivity index (χ3v) is 4.25. The van der Waals surface area contributed by atoms with Crippen molar-refractivity contribution in [2.45, 2.75) is 0 Å². The maximum Gasteiger partial charge on any atom is 0.256 e. The number of rotatable bonds is 6. The fourth-order valence-corrected chi connectivity index (χ4v) is 2.75. The van der Waals surface area contributed by atoms with Gasteiger partial charge in [0.25, 0.3) is 5.91 Å². The van der Waals surface area contributed by atoms with Gasteiger partial charge in [0.15, 0.2) is 0 Å². The zero-order chi connectivity index (χ0) is 15.2. The minimum atomic E-state index is -0.113. The van der Waals surface area contributed by atoms with Gasteiger partial charge in [0.05, 0.1) is 9.35 Å². The van der Waals surface area contributed by atoms with E-state index >= 15 is 0 Å². The van der Waals surface area contributed by atoms with Gasteiger partial charge < -0.3 is 15.0 Å². The van der Waals surface area contributed by atoms with E-state index in [4.69, 9.17) is 4.74 Å². The van der Waals surface area contributed by atoms with E-state index in [1.807, 2.05) is 43.7 Å². The highest BCUT2D eigenvalue weighted by molar-refractivity contribution is 9.11. The van der Waals surface area contributed by atoms with E-state index in [2.05, 4.69) is 26.1 Å². The van der Waals surface area contributed by atoms with Crippen LogP contribution in [0, 0.1) is 0 Å². The van der Waals surface area contributed by atoms with Crippen LogP contribution >= 0.6 is 27.3 Å². The van der Waals surface area contributed by atoms with Crippen LogP contribution in [0.1, 0.15) is 10.4 Å². The number of benzene rings is 1. The molecule has 0 aliphatic heterocycles. The van der Waals surface area contributed by atoms with Gasteiger partial charge in [0.1, 0.15) is 12.4 Å². The van der Waals surface area contributed by atoms with Crippen molar-refractivity contribution < 1.29 is 9.53 Å². The van der Waals surface area contributed by atoms with Crippen molar-refractivity contribution in [2.24, 2.45) is 0 Å². The molecule has 0 aliphatic rings. The van der Waals surface area contributed by atoms with Gasteiger partial charge in [-0.15, -0.1) is 11.3 Å². The Morgan fingerprint density at radius 3 is 2.62 bits per heavy atom. The first-order valence-electron chi connectivity index (χ1n) is 6.47. The molecule has 0 atom stereocenters. The van der Waals surface area contributed by atoms with Crippen LogP contribution in [-0.4, -0.2) is 38.1 Å². The number of ether oxygens (including phenoxy) is 1. The van der Waals surface area contributed by atoms with Crippen LogP contribution in [0.25, 0.3) is 0 Å². The van der Waals surface area contributed by atoms with E-state index in [0.29, 0.717) is 12.2 Å². The number of halogens is 1. The molecule has 0 bridgehead atoms. The number of nitrogens with zero attached hydrogens (tertiary/aromatic N) is 1. The second-order valence-electron chi connectivity index (χ2n) is 4.77. The lowest BCUT2D eigenvalue weighted by Gasteiger charge is -2.11. The van der Waals surface area contributed by atoms with Crippen molar-refractivity contribution in [1.29, 1.82) is 0 Å². The molecular weight excluding hydrogens is 352 g/mol. The molecule has 112 valence electrons. The Balaban J connectivity index is 1.88. The van der Waals surface area contributed by atoms with Crippen LogP contribution in [0.3, 0.4) is 0 Å². The molecule has 0 aliphatic carbocycles. The van der Waals surface area contributed by atoms with Crippen molar-refractivity contribution in [1.82, 2.24) is 4.90 Å². The molecule has 0 spiro atoms. The summed E-state index contributed by atoms with van der Waals surface area (Å²) in [5.74, 6) is 0.686. The van der Waals surface area contributed by atoms with E-state index in [0.717, 1.165) is 21.8 Å². The molecule has 1 aromatic heterocycles. The van der Waals surface area contributed by atoms with Crippen molar-refractivity contribution in [3.63, 3.8) is 0 Å². The minimum absolute atomic E-state index is 0.113. The van der Waals surface area contributed by atoms with Gasteiger partial charge in [-0.1, -0.05) is 0 Å². The minimum Gasteiger partial charge on any atom is -0.492 e. The molecule has 2 rings (SSSR count). The van der Waals surface area contributed by atoms with Crippen LogP contribution in [0.2, 0.25) is 0 Å². The van der Waals surface area contributed by atoms with Crippen LogP contribution in [0.15, 0.2) is 39.5 Å². The zero-order valence-corrected chi connectivity index (χ0v) is 14.3. The number of likely N-dealkylation sites (N-methyl/N-ethyl adjacent to an activating group) is 1. The molecule has 0 radical (unpaired) electrons. The third kappa shape index (κ3) is 5.15. The number of amides is 1. The van der Waals surface area contributed by atoms with Gasteiger partial charge in [-0.3, -0.25) is 4.79 Å². The first-order chi connectivity index (χ1) is 10.0. The van der Waals surface area contributed by atoms with Crippen LogP contribution in [0.4, 0.5) is 5.69 Å². The van der Waals surface area contributed by atoms with Gasteiger partial charge in [0.2, 0.25) is 0 Å². The predicted molar refractivity (Wildman–Crippen MR) is 90.5 cm³/mol. The zero-order valence-electron chi connectivity index (χ0n) is 11.9. The summed E-state index contributed by atoms with van der Waals surface area (Å²) in [6.07, 6.45) is 0. The summed E-state index contributed by atoms with van der Waals surface area (Å²) >= 11 is 4.84. The fraction of sp³-hybridized carbons (Fsp3) is 0.267. The molecule has 6 heteroatoms. The molecule has 0 saturated heterocycles. The number of hydrogen-bond donors (Lipinski definition) is 1. The third-order valence-electron chi connectivity index (χ3n) is 2.75. The smallest absolute Gasteiger partial charge is 0.256 e. The lowest BCUT2D eigenvalue weighted by Crippen LogP contribution is -2.19. The van der Waals surface area contributed by atoms with Gasteiger partial charge in [-0.05, 0) is 60.4 Å². The number of hydrogen-bond acceptors (Lipinski definition) is 4. The van der Waals surface area contributed by atoms with E-state index in [9.17, 15) is 4.79 Å². The summed E-state index contributed by atoms with van der Waals surface area (Å²) in [6.45, 7) is 1.51. The molecule has 21 heavy (non-hydrogen) atoms. The number of carbonyl (C=O) groups excluding carboxylic acids is 1. The van der Waals surface area contributed by atoms with Gasteiger partial charge >= 0.3 is 0 Å². The molecule has 4 nitrogen and oxygen atoms in total. The maximum atomic E-state index is 12.0. The Bertz CT molecular complexity index is 596. The molecule has 0 fully saturated rings. The standard InChI is InChI=1S/C15H17BrN2O2S/c1-18(2)7-8-20-13-5-3-12(4-6-13)17-15(19)11-9-14(16)21-10-11/h3-6,9-10H,7-8H2,1-2H3,(H,17,19). The fourth-order valence-electron chi connectivity index (χ4n) is 1.61. The summed E-state index contributed by atoms with van der Waals surface area (Å²) < 4.78 is 6.55. The SMILES string of the molecule is CN(C)CCOc1ccc(NC(=O)c2csc(Br)c2)cc1. The largest absolute Gasteiger partial charge is 0.492 e. The van der Waals surface area contributed by atoms with E-state index < -0.39 is 0 Å². The summed E-state index contributed by atoms with van der Waals surface area (Å²) in [5.41, 5.74) is 1.40. The Morgan fingerprint density at radius 1 is 1.33 bits per heavy atom. The first kappa shape index (κ1) is 16.0. The summed E-state index contributed by atoms with van der Waals surface area (Å²) in [7, 11) is 4.01. The molecule has 0 unspecified atom stereocenters. The van der Waals surface area contributed by atoms with Crippen LogP contribution in [-0.2, 0) is 0 Å². The quantitative estimate of drug-likeness (QED) is 0.844. The molecule has 1 amide bonds. The predicted octanol–water partition coefficient (Wildman–Crippen LogP) is 3.70. The van der Waals surface area contributed by atoms with Crippen LogP contribution < -0.4 is 10.1 Å². The van der Waals surface area contributed by atoms with Crippen LogP contribution in [0.5, 0.6) is 5.75 Å². The highest BCUT2D eigenvalue weighted by atomic mass is 79.9. The average molecular weight is 369 g/mol. The molecule has 1 heterocycles. The van der Waals surface area contributed by atoms with E-state index in [1.54, 1.807) is 6.07 Å². The second kappa shape index (κ2) is 7.59. The second-order valence-corrected chi connectivity index (χ2v) is 7.06. The van der Waals surface area contributed by atoms with Gasteiger partial charge in [0, 0.05) is 17.6 Å². The number of anilines is 1. The molecule has 2 aromatic rings. The molecule has 1 N–H and O–H groups in total. The van der Waals surface area contributed by atoms with Crippen molar-refractivity contribution >= 4 is 38.9 Å². The lowest BCUT2D eigenvalue weighted by atomic mass is 10.2. The van der Waals surface area contributed by atoms with E-state index in [1.165, 1.54) is 11.3 Å². The Morgan fingerprint density at radius 2 is 2.05 bits per heavy atom. The molecule has 0 saturated carbocycles. The van der Waals surface area contributed by atoms with Gasteiger partial charge in [-0.25, -0.2) is 0 Å². The Kier molecular flexibility index (Phi) is 5.78. The van der Waals surface area contributed by atoms with Crippen molar-refractivity contribution in [3.05, 3.63) is 45.1 Å². The highest BCUT2D eigenvalue weighted by Crippen LogP contribution is 2.22. The average Bonchev–Trinajstić information content (AvgIpc) is 2.87. The summed E-state index contributed by atoms with van der Waals surface area (Å²) in [6, 6.07) is 9.19. The molecule has 1 aromatic carbocycles. The first-order valence-corrected chi connectivity index (χ1v) is 8.15. The monoisotopic (exact) mass is 368 g/mol. The highest BCUT2D eigenvalue weighted by Gasteiger charge is 2.08. The van der Waals surface area contributed by atoms with Crippen molar-refractivity contribution in [3.8, 4) is 5.75 Å². The summed E-state index contributed by atoms with van der Waals surface area (Å²) in [4.78, 5) is 14.1. The van der Waals surface area contributed by atoms with E-state index in [-0.39, 0.29) is 5.91 Å². The molecular formula is C15H17BrN2O2S. The lowest BCUT2D eigenvalue weighted by molar-refractivity contribution is 0.102. The normalized spacial score (nSPS) is 10.7. The summed E-state index contributed by atoms with van der Waals surface area (Å²) in [5, 5.41) is 4.67. The number of carbonyl (C=O) groups is 1. The Labute approximate surface area is 136 Å². The number of nitrogens with one attached hydrogen (secondary N) is 1. The van der Waals surface area contributed by atoms with Crippen molar-refractivity contribution in [2.75, 3.05) is 32.6 Å². The topological polar surface area (TPSA) is 41.6 Å². The number of thiophene rings is 1.